The minimum absolute atomic E-state index is 0.0205. The molecule has 0 saturated heterocycles. The van der Waals surface area contributed by atoms with E-state index < -0.39 is 16.1 Å². The monoisotopic (exact) mass is 458 g/mol. The molecular formula is C22H26N4O3S2. The van der Waals surface area contributed by atoms with Crippen molar-refractivity contribution in [3.05, 3.63) is 54.1 Å². The fraction of sp³-hybridized carbons (Fsp3) is 0.409. The number of amides is 1. The van der Waals surface area contributed by atoms with Crippen molar-refractivity contribution >= 4 is 38.7 Å². The highest BCUT2D eigenvalue weighted by atomic mass is 32.2. The molecule has 1 aliphatic rings. The van der Waals surface area contributed by atoms with Crippen molar-refractivity contribution in [2.75, 3.05) is 0 Å². The molecule has 2 N–H and O–H groups in total. The summed E-state index contributed by atoms with van der Waals surface area (Å²) in [7, 11) is -4.02. The van der Waals surface area contributed by atoms with Crippen molar-refractivity contribution < 1.29 is 13.2 Å². The molecule has 4 unspecified atom stereocenters. The van der Waals surface area contributed by atoms with E-state index in [9.17, 15) is 13.2 Å². The first-order chi connectivity index (χ1) is 14.9. The lowest BCUT2D eigenvalue weighted by atomic mass is 9.78. The number of benzene rings is 2. The van der Waals surface area contributed by atoms with Gasteiger partial charge in [0.05, 0.1) is 11.7 Å². The molecule has 3 aromatic rings. The van der Waals surface area contributed by atoms with Crippen LogP contribution in [0.15, 0.2) is 53.4 Å². The standard InChI is InChI=1S/C22H26N4O3S2/c1-14-8-6-11-17(15(14)2)23-22(27)20(16-9-4-3-5-10-16)26-31(28,29)19-13-7-12-18-21(19)25-30-24-18/h3-5,7,9-10,12-15,17,20,26H,6,8,11H2,1-2H3,(H,23,27). The number of rotatable bonds is 6. The summed E-state index contributed by atoms with van der Waals surface area (Å²) in [6.07, 6.45) is 3.10. The fourth-order valence-electron chi connectivity index (χ4n) is 4.19. The third-order valence-corrected chi connectivity index (χ3v) is 8.24. The van der Waals surface area contributed by atoms with Crippen LogP contribution in [0.1, 0.15) is 44.7 Å². The first-order valence-corrected chi connectivity index (χ1v) is 12.7. The van der Waals surface area contributed by atoms with E-state index in [1.807, 2.05) is 6.07 Å². The van der Waals surface area contributed by atoms with E-state index in [-0.39, 0.29) is 16.8 Å². The zero-order valence-electron chi connectivity index (χ0n) is 17.5. The smallest absolute Gasteiger partial charge is 0.243 e. The lowest BCUT2D eigenvalue weighted by Gasteiger charge is -2.35. The van der Waals surface area contributed by atoms with Gasteiger partial charge in [0, 0.05) is 6.04 Å². The molecule has 9 heteroatoms. The van der Waals surface area contributed by atoms with Crippen molar-refractivity contribution in [3.8, 4) is 0 Å². The van der Waals surface area contributed by atoms with Gasteiger partial charge in [-0.05, 0) is 36.0 Å². The minimum atomic E-state index is -4.02. The number of fused-ring (bicyclic) bond motifs is 1. The van der Waals surface area contributed by atoms with Crippen LogP contribution in [0, 0.1) is 11.8 Å². The van der Waals surface area contributed by atoms with Gasteiger partial charge in [-0.3, -0.25) is 4.79 Å². The van der Waals surface area contributed by atoms with Crippen molar-refractivity contribution in [3.63, 3.8) is 0 Å². The summed E-state index contributed by atoms with van der Waals surface area (Å²) in [5, 5.41) is 3.11. The van der Waals surface area contributed by atoms with E-state index in [1.165, 1.54) is 6.07 Å². The van der Waals surface area contributed by atoms with Crippen LogP contribution in [0.4, 0.5) is 0 Å². The minimum Gasteiger partial charge on any atom is -0.351 e. The molecule has 4 atom stereocenters. The highest BCUT2D eigenvalue weighted by Crippen LogP contribution is 2.30. The number of carbonyl (C=O) groups is 1. The summed E-state index contributed by atoms with van der Waals surface area (Å²) in [5.41, 5.74) is 1.41. The Morgan fingerprint density at radius 1 is 1.06 bits per heavy atom. The quantitative estimate of drug-likeness (QED) is 0.587. The van der Waals surface area contributed by atoms with Gasteiger partial charge in [0.1, 0.15) is 22.0 Å². The lowest BCUT2D eigenvalue weighted by Crippen LogP contribution is -2.48. The number of hydrogen-bond donors (Lipinski definition) is 2. The summed E-state index contributed by atoms with van der Waals surface area (Å²) < 4.78 is 37.4. The molecule has 0 bridgehead atoms. The number of nitrogens with one attached hydrogen (secondary N) is 2. The Bertz CT molecular complexity index is 1160. The number of sulfonamides is 1. The van der Waals surface area contributed by atoms with Gasteiger partial charge in [-0.1, -0.05) is 63.1 Å². The van der Waals surface area contributed by atoms with Gasteiger partial charge >= 0.3 is 0 Å². The molecule has 2 aromatic carbocycles. The molecule has 1 fully saturated rings. The van der Waals surface area contributed by atoms with E-state index >= 15 is 0 Å². The maximum atomic E-state index is 13.3. The lowest BCUT2D eigenvalue weighted by molar-refractivity contribution is -0.124. The largest absolute Gasteiger partial charge is 0.351 e. The summed E-state index contributed by atoms with van der Waals surface area (Å²) in [4.78, 5) is 13.3. The van der Waals surface area contributed by atoms with Gasteiger partial charge in [-0.15, -0.1) is 0 Å². The number of nitrogens with zero attached hydrogens (tertiary/aromatic N) is 2. The van der Waals surface area contributed by atoms with Crippen molar-refractivity contribution in [2.24, 2.45) is 11.8 Å². The van der Waals surface area contributed by atoms with Gasteiger partial charge in [-0.25, -0.2) is 8.42 Å². The van der Waals surface area contributed by atoms with Crippen molar-refractivity contribution in [1.29, 1.82) is 0 Å². The Morgan fingerprint density at radius 3 is 2.61 bits per heavy atom. The van der Waals surface area contributed by atoms with Crippen LogP contribution in [0.3, 0.4) is 0 Å². The molecule has 0 spiro atoms. The van der Waals surface area contributed by atoms with Crippen LogP contribution in [-0.2, 0) is 14.8 Å². The predicted octanol–water partition coefficient (Wildman–Crippen LogP) is 3.65. The molecule has 1 amide bonds. The summed E-state index contributed by atoms with van der Waals surface area (Å²) >= 11 is 0.957. The van der Waals surface area contributed by atoms with Crippen LogP contribution < -0.4 is 10.0 Å². The Hall–Kier alpha value is -2.36. The summed E-state index contributed by atoms with van der Waals surface area (Å²) in [6, 6.07) is 12.7. The third-order valence-electron chi connectivity index (χ3n) is 6.24. The van der Waals surface area contributed by atoms with Gasteiger partial charge in [0.25, 0.3) is 0 Å². The van der Waals surface area contributed by atoms with E-state index in [4.69, 9.17) is 0 Å². The molecule has 1 heterocycles. The summed E-state index contributed by atoms with van der Waals surface area (Å²) in [5.74, 6) is 0.505. The second-order valence-electron chi connectivity index (χ2n) is 8.24. The van der Waals surface area contributed by atoms with Gasteiger partial charge < -0.3 is 5.32 Å². The Morgan fingerprint density at radius 2 is 1.84 bits per heavy atom. The normalized spacial score (nSPS) is 22.8. The van der Waals surface area contributed by atoms with Crippen LogP contribution in [0.2, 0.25) is 0 Å². The molecule has 164 valence electrons. The van der Waals surface area contributed by atoms with E-state index in [0.29, 0.717) is 28.4 Å². The van der Waals surface area contributed by atoms with Crippen LogP contribution in [0.5, 0.6) is 0 Å². The average Bonchev–Trinajstić information content (AvgIpc) is 3.24. The third kappa shape index (κ3) is 4.63. The molecule has 0 radical (unpaired) electrons. The highest BCUT2D eigenvalue weighted by Gasteiger charge is 2.33. The average molecular weight is 459 g/mol. The first kappa shape index (κ1) is 21.9. The number of carbonyl (C=O) groups excluding carboxylic acids is 1. The number of aromatic nitrogens is 2. The van der Waals surface area contributed by atoms with E-state index in [0.717, 1.165) is 31.0 Å². The topological polar surface area (TPSA) is 101 Å². The molecule has 1 saturated carbocycles. The Labute approximate surface area is 186 Å². The maximum absolute atomic E-state index is 13.3. The molecule has 1 aliphatic carbocycles. The maximum Gasteiger partial charge on any atom is 0.243 e. The Kier molecular flexibility index (Phi) is 6.36. The highest BCUT2D eigenvalue weighted by molar-refractivity contribution is 7.89. The molecule has 7 nitrogen and oxygen atoms in total. The molecule has 0 aliphatic heterocycles. The molecule has 4 rings (SSSR count). The van der Waals surface area contributed by atoms with E-state index in [2.05, 4.69) is 32.6 Å². The van der Waals surface area contributed by atoms with E-state index in [1.54, 1.807) is 36.4 Å². The first-order valence-electron chi connectivity index (χ1n) is 10.5. The second kappa shape index (κ2) is 9.02. The Balaban J connectivity index is 1.64. The zero-order chi connectivity index (χ0) is 22.0. The van der Waals surface area contributed by atoms with Gasteiger partial charge in [0.2, 0.25) is 15.9 Å². The van der Waals surface area contributed by atoms with Crippen LogP contribution in [0.25, 0.3) is 11.0 Å². The zero-order valence-corrected chi connectivity index (χ0v) is 19.1. The van der Waals surface area contributed by atoms with Crippen LogP contribution in [-0.4, -0.2) is 29.1 Å². The van der Waals surface area contributed by atoms with Crippen LogP contribution >= 0.6 is 11.7 Å². The number of hydrogen-bond acceptors (Lipinski definition) is 6. The second-order valence-corrected chi connectivity index (χ2v) is 10.4. The SMILES string of the molecule is CC1CCCC(NC(=O)C(NS(=O)(=O)c2cccc3nsnc23)c2ccccc2)C1C. The van der Waals surface area contributed by atoms with Crippen molar-refractivity contribution in [2.45, 2.75) is 50.1 Å². The fourth-order valence-corrected chi connectivity index (χ4v) is 6.14. The molecule has 1 aromatic heterocycles. The molecular weight excluding hydrogens is 432 g/mol. The predicted molar refractivity (Wildman–Crippen MR) is 121 cm³/mol. The van der Waals surface area contributed by atoms with Gasteiger partial charge in [-0.2, -0.15) is 13.5 Å². The molecule has 31 heavy (non-hydrogen) atoms. The van der Waals surface area contributed by atoms with Crippen molar-refractivity contribution in [1.82, 2.24) is 18.8 Å². The van der Waals surface area contributed by atoms with Gasteiger partial charge in [0.15, 0.2) is 0 Å². The summed E-state index contributed by atoms with van der Waals surface area (Å²) in [6.45, 7) is 4.34.